The van der Waals surface area contributed by atoms with Crippen LogP contribution in [0.1, 0.15) is 5.76 Å². The first-order valence-electron chi connectivity index (χ1n) is 10.6. The lowest BCUT2D eigenvalue weighted by molar-refractivity contribution is 0.202. The average molecular weight is 425 g/mol. The van der Waals surface area contributed by atoms with E-state index in [-0.39, 0.29) is 5.82 Å². The van der Waals surface area contributed by atoms with E-state index in [4.69, 9.17) is 9.26 Å². The van der Waals surface area contributed by atoms with Crippen LogP contribution in [0.25, 0.3) is 11.3 Å². The summed E-state index contributed by atoms with van der Waals surface area (Å²) >= 11 is 0. The minimum absolute atomic E-state index is 0.188. The standard InChI is InChI=1S/C24H29FN4O2/c1-27(18-21-17-23(26-31-21)22-5-3-4-6-24(22)30-2)11-12-28-13-15-29(16-14-28)20-9-7-19(25)8-10-20/h3-10,17H,11-16,18H2,1-2H3. The molecule has 0 atom stereocenters. The summed E-state index contributed by atoms with van der Waals surface area (Å²) in [6.07, 6.45) is 0. The minimum Gasteiger partial charge on any atom is -0.496 e. The fourth-order valence-electron chi connectivity index (χ4n) is 3.91. The first-order valence-corrected chi connectivity index (χ1v) is 10.6. The van der Waals surface area contributed by atoms with Gasteiger partial charge in [0.05, 0.1) is 13.7 Å². The van der Waals surface area contributed by atoms with Crippen LogP contribution in [0.15, 0.2) is 59.1 Å². The Morgan fingerprint density at radius 2 is 1.81 bits per heavy atom. The lowest BCUT2D eigenvalue weighted by Crippen LogP contribution is -2.48. The molecule has 0 amide bonds. The number of rotatable bonds is 8. The van der Waals surface area contributed by atoms with Gasteiger partial charge in [-0.05, 0) is 43.4 Å². The number of halogens is 1. The van der Waals surface area contributed by atoms with Crippen LogP contribution in [-0.2, 0) is 6.54 Å². The number of ether oxygens (including phenoxy) is 1. The Balaban J connectivity index is 1.23. The largest absolute Gasteiger partial charge is 0.496 e. The van der Waals surface area contributed by atoms with Gasteiger partial charge in [-0.25, -0.2) is 4.39 Å². The number of aromatic nitrogens is 1. The van der Waals surface area contributed by atoms with Crippen molar-refractivity contribution in [2.45, 2.75) is 6.54 Å². The van der Waals surface area contributed by atoms with Crippen LogP contribution in [0.4, 0.5) is 10.1 Å². The van der Waals surface area contributed by atoms with Crippen molar-refractivity contribution in [3.8, 4) is 17.0 Å². The van der Waals surface area contributed by atoms with Crippen LogP contribution < -0.4 is 9.64 Å². The van der Waals surface area contributed by atoms with Crippen LogP contribution in [0.5, 0.6) is 5.75 Å². The number of anilines is 1. The summed E-state index contributed by atoms with van der Waals surface area (Å²) in [5.41, 5.74) is 2.81. The van der Waals surface area contributed by atoms with Crippen LogP contribution in [0.2, 0.25) is 0 Å². The predicted molar refractivity (Wildman–Crippen MR) is 120 cm³/mol. The van der Waals surface area contributed by atoms with Crippen molar-refractivity contribution >= 4 is 5.69 Å². The van der Waals surface area contributed by atoms with E-state index in [1.54, 1.807) is 7.11 Å². The molecule has 3 aromatic rings. The van der Waals surface area contributed by atoms with Gasteiger partial charge >= 0.3 is 0 Å². The maximum atomic E-state index is 13.1. The molecular weight excluding hydrogens is 395 g/mol. The first kappa shape index (κ1) is 21.3. The van der Waals surface area contributed by atoms with Gasteiger partial charge in [-0.1, -0.05) is 17.3 Å². The fraction of sp³-hybridized carbons (Fsp3) is 0.375. The molecule has 0 aliphatic carbocycles. The Kier molecular flexibility index (Phi) is 6.84. The highest BCUT2D eigenvalue weighted by atomic mass is 19.1. The molecule has 0 spiro atoms. The number of likely N-dealkylation sites (N-methyl/N-ethyl adjacent to an activating group) is 1. The van der Waals surface area contributed by atoms with E-state index in [9.17, 15) is 4.39 Å². The second-order valence-electron chi connectivity index (χ2n) is 7.92. The summed E-state index contributed by atoms with van der Waals surface area (Å²) in [6.45, 7) is 6.58. The van der Waals surface area contributed by atoms with Crippen molar-refractivity contribution in [1.29, 1.82) is 0 Å². The zero-order valence-electron chi connectivity index (χ0n) is 18.1. The number of hydrogen-bond donors (Lipinski definition) is 0. The van der Waals surface area contributed by atoms with E-state index < -0.39 is 0 Å². The van der Waals surface area contributed by atoms with E-state index in [2.05, 4.69) is 26.9 Å². The first-order chi connectivity index (χ1) is 15.1. The maximum Gasteiger partial charge on any atom is 0.151 e. The van der Waals surface area contributed by atoms with Gasteiger partial charge in [-0.3, -0.25) is 9.80 Å². The monoisotopic (exact) mass is 424 g/mol. The lowest BCUT2D eigenvalue weighted by Gasteiger charge is -2.36. The fourth-order valence-corrected chi connectivity index (χ4v) is 3.91. The molecule has 0 N–H and O–H groups in total. The van der Waals surface area contributed by atoms with E-state index in [1.807, 2.05) is 42.5 Å². The van der Waals surface area contributed by atoms with E-state index in [0.29, 0.717) is 6.54 Å². The summed E-state index contributed by atoms with van der Waals surface area (Å²) in [6, 6.07) is 16.6. The van der Waals surface area contributed by atoms with Gasteiger partial charge in [0.2, 0.25) is 0 Å². The SMILES string of the molecule is COc1ccccc1-c1cc(CN(C)CCN2CCN(c3ccc(F)cc3)CC2)on1. The maximum absolute atomic E-state index is 13.1. The highest BCUT2D eigenvalue weighted by molar-refractivity contribution is 5.66. The Morgan fingerprint density at radius 3 is 2.55 bits per heavy atom. The molecule has 0 saturated carbocycles. The molecule has 1 aliphatic heterocycles. The van der Waals surface area contributed by atoms with Gasteiger partial charge in [-0.2, -0.15) is 0 Å². The van der Waals surface area contributed by atoms with Crippen molar-refractivity contribution in [1.82, 2.24) is 15.0 Å². The predicted octanol–water partition coefficient (Wildman–Crippen LogP) is 3.74. The Labute approximate surface area is 182 Å². The highest BCUT2D eigenvalue weighted by Gasteiger charge is 2.18. The zero-order valence-corrected chi connectivity index (χ0v) is 18.1. The molecule has 164 valence electrons. The van der Waals surface area contributed by atoms with Crippen molar-refractivity contribution in [2.75, 3.05) is 58.3 Å². The highest BCUT2D eigenvalue weighted by Crippen LogP contribution is 2.29. The van der Waals surface area contributed by atoms with Crippen LogP contribution >= 0.6 is 0 Å². The Hall–Kier alpha value is -2.90. The number of methoxy groups -OCH3 is 1. The quantitative estimate of drug-likeness (QED) is 0.549. The van der Waals surface area contributed by atoms with Gasteiger partial charge in [0.15, 0.2) is 5.76 Å². The number of piperazine rings is 1. The van der Waals surface area contributed by atoms with Gasteiger partial charge in [0.25, 0.3) is 0 Å². The van der Waals surface area contributed by atoms with Gasteiger partial charge < -0.3 is 14.2 Å². The van der Waals surface area contributed by atoms with Gasteiger partial charge in [0.1, 0.15) is 17.3 Å². The van der Waals surface area contributed by atoms with Gasteiger partial charge in [-0.15, -0.1) is 0 Å². The molecule has 0 bridgehead atoms. The molecule has 1 saturated heterocycles. The molecule has 1 fully saturated rings. The smallest absolute Gasteiger partial charge is 0.151 e. The number of nitrogens with zero attached hydrogens (tertiary/aromatic N) is 4. The Bertz CT molecular complexity index is 968. The molecule has 6 nitrogen and oxygen atoms in total. The third-order valence-electron chi connectivity index (χ3n) is 5.73. The summed E-state index contributed by atoms with van der Waals surface area (Å²) in [4.78, 5) is 7.03. The average Bonchev–Trinajstić information content (AvgIpc) is 3.27. The van der Waals surface area contributed by atoms with Crippen LogP contribution in [0.3, 0.4) is 0 Å². The van der Waals surface area contributed by atoms with Crippen molar-refractivity contribution in [2.24, 2.45) is 0 Å². The van der Waals surface area contributed by atoms with E-state index >= 15 is 0 Å². The second kappa shape index (κ2) is 9.94. The molecular formula is C24H29FN4O2. The molecule has 1 aromatic heterocycles. The zero-order chi connectivity index (χ0) is 21.6. The normalized spacial score (nSPS) is 14.9. The molecule has 7 heteroatoms. The van der Waals surface area contributed by atoms with E-state index in [1.165, 1.54) is 12.1 Å². The van der Waals surface area contributed by atoms with Crippen molar-refractivity contribution in [3.63, 3.8) is 0 Å². The number of benzene rings is 2. The minimum atomic E-state index is -0.188. The molecule has 1 aliphatic rings. The molecule has 0 radical (unpaired) electrons. The number of para-hydroxylation sites is 1. The second-order valence-corrected chi connectivity index (χ2v) is 7.92. The molecule has 2 aromatic carbocycles. The Morgan fingerprint density at radius 1 is 1.06 bits per heavy atom. The molecule has 0 unspecified atom stereocenters. The topological polar surface area (TPSA) is 45.0 Å². The number of hydrogen-bond acceptors (Lipinski definition) is 6. The van der Waals surface area contributed by atoms with Crippen LogP contribution in [0, 0.1) is 5.82 Å². The van der Waals surface area contributed by atoms with Crippen molar-refractivity contribution in [3.05, 3.63) is 66.2 Å². The third kappa shape index (κ3) is 5.42. The van der Waals surface area contributed by atoms with Gasteiger partial charge in [0, 0.05) is 56.6 Å². The van der Waals surface area contributed by atoms with E-state index in [0.717, 1.165) is 67.7 Å². The van der Waals surface area contributed by atoms with Crippen molar-refractivity contribution < 1.29 is 13.7 Å². The molecule has 31 heavy (non-hydrogen) atoms. The third-order valence-corrected chi connectivity index (χ3v) is 5.73. The summed E-state index contributed by atoms with van der Waals surface area (Å²) in [5.74, 6) is 1.44. The molecule has 4 rings (SSSR count). The summed E-state index contributed by atoms with van der Waals surface area (Å²) in [7, 11) is 3.76. The molecule has 2 heterocycles. The summed E-state index contributed by atoms with van der Waals surface area (Å²) in [5, 5.41) is 4.22. The van der Waals surface area contributed by atoms with Crippen LogP contribution in [-0.4, -0.2) is 68.4 Å². The summed E-state index contributed by atoms with van der Waals surface area (Å²) < 4.78 is 24.1. The lowest BCUT2D eigenvalue weighted by atomic mass is 10.1.